The summed E-state index contributed by atoms with van der Waals surface area (Å²) in [6.45, 7) is 3.98. The van der Waals surface area contributed by atoms with Crippen molar-refractivity contribution >= 4 is 16.6 Å². The van der Waals surface area contributed by atoms with Crippen LogP contribution in [0.15, 0.2) is 36.2 Å². The second-order valence-electron chi connectivity index (χ2n) is 9.17. The highest BCUT2D eigenvalue weighted by molar-refractivity contribution is 5.88. The number of fused-ring (bicyclic) bond motifs is 1. The van der Waals surface area contributed by atoms with Gasteiger partial charge in [0.05, 0.1) is 5.39 Å². The molecule has 1 aliphatic carbocycles. The molecule has 180 valence electrons. The summed E-state index contributed by atoms with van der Waals surface area (Å²) in [5, 5.41) is -0.476. The van der Waals surface area contributed by atoms with Gasteiger partial charge in [0.1, 0.15) is 11.6 Å². The van der Waals surface area contributed by atoms with E-state index in [4.69, 9.17) is 0 Å². The van der Waals surface area contributed by atoms with E-state index in [1.807, 2.05) is 19.9 Å². The highest BCUT2D eigenvalue weighted by Crippen LogP contribution is 2.40. The van der Waals surface area contributed by atoms with Crippen molar-refractivity contribution in [2.45, 2.75) is 78.1 Å². The first kappa shape index (κ1) is 25.5. The molecule has 0 atom stereocenters. The van der Waals surface area contributed by atoms with Gasteiger partial charge in [0.25, 0.3) is 0 Å². The zero-order valence-corrected chi connectivity index (χ0v) is 19.5. The van der Waals surface area contributed by atoms with E-state index >= 15 is 8.78 Å². The van der Waals surface area contributed by atoms with E-state index in [1.54, 1.807) is 0 Å². The van der Waals surface area contributed by atoms with Crippen LogP contribution in [-0.4, -0.2) is 0 Å². The number of benzene rings is 2. The average molecular weight is 465 g/mol. The lowest BCUT2D eigenvalue weighted by Gasteiger charge is -2.27. The quantitative estimate of drug-likeness (QED) is 0.197. The highest BCUT2D eigenvalue weighted by Gasteiger charge is 2.28. The fourth-order valence-electron chi connectivity index (χ4n) is 4.86. The molecule has 1 saturated carbocycles. The minimum atomic E-state index is -1.34. The van der Waals surface area contributed by atoms with Crippen LogP contribution < -0.4 is 0 Å². The van der Waals surface area contributed by atoms with E-state index in [9.17, 15) is 13.2 Å². The largest absolute Gasteiger partial charge is 0.208 e. The number of unbranched alkanes of at least 4 members (excludes halogenated alkanes) is 2. The summed E-state index contributed by atoms with van der Waals surface area (Å²) in [5.41, 5.74) is -0.471. The molecule has 0 unspecified atom stereocenters. The van der Waals surface area contributed by atoms with E-state index in [1.165, 1.54) is 12.1 Å². The molecule has 0 amide bonds. The Morgan fingerprint density at radius 3 is 2.36 bits per heavy atom. The number of hydrogen-bond donors (Lipinski definition) is 0. The van der Waals surface area contributed by atoms with Gasteiger partial charge in [-0.2, -0.15) is 0 Å². The maximum Gasteiger partial charge on any atom is 0.169 e. The van der Waals surface area contributed by atoms with Gasteiger partial charge in [-0.1, -0.05) is 38.0 Å². The molecule has 5 heteroatoms. The van der Waals surface area contributed by atoms with E-state index in [-0.39, 0.29) is 10.9 Å². The maximum atomic E-state index is 15.1. The maximum absolute atomic E-state index is 15.1. The predicted octanol–water partition coefficient (Wildman–Crippen LogP) is 9.76. The molecule has 0 bridgehead atoms. The van der Waals surface area contributed by atoms with Crippen LogP contribution in [0.2, 0.25) is 0 Å². The topological polar surface area (TPSA) is 0 Å². The van der Waals surface area contributed by atoms with Crippen LogP contribution in [0.25, 0.3) is 16.6 Å². The monoisotopic (exact) mass is 464 g/mol. The Kier molecular flexibility index (Phi) is 9.10. The Morgan fingerprint density at radius 2 is 1.70 bits per heavy atom. The zero-order valence-electron chi connectivity index (χ0n) is 19.5. The first-order chi connectivity index (χ1) is 15.9. The zero-order chi connectivity index (χ0) is 24.0. The third-order valence-corrected chi connectivity index (χ3v) is 6.88. The Hall–Kier alpha value is -2.17. The SMILES string of the molecule is C/C=C/CCC1CCC(C(F)=C(F)c2ccc3cc(CCCCC)c(F)c(F)c3c2F)CC1. The molecule has 0 aromatic heterocycles. The molecule has 0 heterocycles. The van der Waals surface area contributed by atoms with Crippen LogP contribution >= 0.6 is 0 Å². The van der Waals surface area contributed by atoms with Gasteiger partial charge in [-0.25, -0.2) is 22.0 Å². The van der Waals surface area contributed by atoms with Gasteiger partial charge in [0.15, 0.2) is 17.5 Å². The van der Waals surface area contributed by atoms with Crippen LogP contribution in [0.1, 0.15) is 82.8 Å². The first-order valence-electron chi connectivity index (χ1n) is 12.1. The second kappa shape index (κ2) is 11.8. The summed E-state index contributed by atoms with van der Waals surface area (Å²) in [6, 6.07) is 3.87. The summed E-state index contributed by atoms with van der Waals surface area (Å²) in [4.78, 5) is 0. The minimum absolute atomic E-state index is 0.150. The molecule has 33 heavy (non-hydrogen) atoms. The Labute approximate surface area is 193 Å². The Balaban J connectivity index is 1.84. The molecule has 2 aromatic carbocycles. The number of aryl methyl sites for hydroxylation is 1. The van der Waals surface area contributed by atoms with E-state index in [0.717, 1.165) is 44.6 Å². The average Bonchev–Trinajstić information content (AvgIpc) is 2.82. The molecule has 0 spiro atoms. The van der Waals surface area contributed by atoms with Crippen molar-refractivity contribution in [1.82, 2.24) is 0 Å². The molecule has 0 nitrogen and oxygen atoms in total. The highest BCUT2D eigenvalue weighted by atomic mass is 19.2. The summed E-state index contributed by atoms with van der Waals surface area (Å²) in [6.07, 6.45) is 11.5. The molecule has 0 saturated heterocycles. The first-order valence-corrected chi connectivity index (χ1v) is 12.1. The van der Waals surface area contributed by atoms with Crippen molar-refractivity contribution in [3.8, 4) is 0 Å². The van der Waals surface area contributed by atoms with Crippen molar-refractivity contribution < 1.29 is 22.0 Å². The third kappa shape index (κ3) is 5.85. The van der Waals surface area contributed by atoms with Gasteiger partial charge in [-0.3, -0.25) is 0 Å². The van der Waals surface area contributed by atoms with E-state index < -0.39 is 46.0 Å². The van der Waals surface area contributed by atoms with E-state index in [0.29, 0.717) is 31.6 Å². The lowest BCUT2D eigenvalue weighted by atomic mass is 9.79. The van der Waals surface area contributed by atoms with Crippen molar-refractivity contribution in [2.75, 3.05) is 0 Å². The Bertz CT molecular complexity index is 1010. The number of rotatable bonds is 9. The van der Waals surface area contributed by atoms with Crippen molar-refractivity contribution in [3.63, 3.8) is 0 Å². The third-order valence-electron chi connectivity index (χ3n) is 6.88. The lowest BCUT2D eigenvalue weighted by molar-refractivity contribution is 0.263. The molecular weight excluding hydrogens is 431 g/mol. The molecular formula is C28H33F5. The number of allylic oxidation sites excluding steroid dienone is 3. The van der Waals surface area contributed by atoms with Crippen LogP contribution in [0.4, 0.5) is 22.0 Å². The molecule has 0 radical (unpaired) electrons. The van der Waals surface area contributed by atoms with Gasteiger partial charge in [0.2, 0.25) is 0 Å². The smallest absolute Gasteiger partial charge is 0.169 e. The van der Waals surface area contributed by atoms with Gasteiger partial charge < -0.3 is 0 Å². The van der Waals surface area contributed by atoms with Gasteiger partial charge in [-0.05, 0) is 87.3 Å². The normalized spacial score (nSPS) is 20.0. The molecule has 3 rings (SSSR count). The standard InChI is InChI=1S/C28H33F5/c1-3-5-7-9-18-11-13-19(14-12-18)24(29)27(32)22-16-15-20-17-21(10-8-6-4-2)25(30)28(33)23(20)26(22)31/h3,5,15-19H,4,6-14H2,1-2H3/b5-3+,27-24?. The molecule has 0 aliphatic heterocycles. The Morgan fingerprint density at radius 1 is 0.970 bits per heavy atom. The minimum Gasteiger partial charge on any atom is -0.208 e. The molecule has 0 N–H and O–H groups in total. The van der Waals surface area contributed by atoms with Crippen LogP contribution in [0, 0.1) is 29.3 Å². The summed E-state index contributed by atoms with van der Waals surface area (Å²) >= 11 is 0. The molecule has 1 fully saturated rings. The molecule has 1 aliphatic rings. The predicted molar refractivity (Wildman–Crippen MR) is 126 cm³/mol. The number of hydrogen-bond acceptors (Lipinski definition) is 0. The van der Waals surface area contributed by atoms with Gasteiger partial charge in [0, 0.05) is 11.5 Å². The van der Waals surface area contributed by atoms with Crippen LogP contribution in [-0.2, 0) is 6.42 Å². The van der Waals surface area contributed by atoms with Gasteiger partial charge in [-0.15, -0.1) is 0 Å². The van der Waals surface area contributed by atoms with Crippen LogP contribution in [0.3, 0.4) is 0 Å². The van der Waals surface area contributed by atoms with Crippen molar-refractivity contribution in [2.24, 2.45) is 11.8 Å². The van der Waals surface area contributed by atoms with Crippen molar-refractivity contribution in [1.29, 1.82) is 0 Å². The molecule has 2 aromatic rings. The summed E-state index contributed by atoms with van der Waals surface area (Å²) in [7, 11) is 0. The summed E-state index contributed by atoms with van der Waals surface area (Å²) in [5.74, 6) is -6.13. The second-order valence-corrected chi connectivity index (χ2v) is 9.17. The van der Waals surface area contributed by atoms with Gasteiger partial charge >= 0.3 is 0 Å². The lowest BCUT2D eigenvalue weighted by Crippen LogP contribution is -2.15. The summed E-state index contributed by atoms with van der Waals surface area (Å²) < 4.78 is 74.4. The number of halogens is 5. The van der Waals surface area contributed by atoms with Crippen LogP contribution in [0.5, 0.6) is 0 Å². The van der Waals surface area contributed by atoms with E-state index in [2.05, 4.69) is 6.08 Å². The van der Waals surface area contributed by atoms with Crippen molar-refractivity contribution in [3.05, 3.63) is 64.8 Å². The fraction of sp³-hybridized carbons (Fsp3) is 0.500. The fourth-order valence-corrected chi connectivity index (χ4v) is 4.86.